The van der Waals surface area contributed by atoms with Gasteiger partial charge < -0.3 is 9.42 Å². The topological polar surface area (TPSA) is 83.7 Å². The van der Waals surface area contributed by atoms with E-state index in [-0.39, 0.29) is 35.8 Å². The molecule has 7 heteroatoms. The van der Waals surface area contributed by atoms with Crippen molar-refractivity contribution >= 4 is 17.7 Å². The normalized spacial score (nSPS) is 31.9. The zero-order valence-electron chi connectivity index (χ0n) is 14.0. The summed E-state index contributed by atoms with van der Waals surface area (Å²) in [5.74, 6) is 1.07. The molecule has 4 heterocycles. The molecule has 4 fully saturated rings. The summed E-state index contributed by atoms with van der Waals surface area (Å²) in [6, 6.07) is 1.90. The van der Waals surface area contributed by atoms with Gasteiger partial charge in [-0.3, -0.25) is 19.3 Å². The number of imide groups is 1. The molecule has 7 nitrogen and oxygen atoms in total. The lowest BCUT2D eigenvalue weighted by molar-refractivity contribution is -0.142. The monoisotopic (exact) mass is 343 g/mol. The first-order valence-corrected chi connectivity index (χ1v) is 9.26. The van der Waals surface area contributed by atoms with Crippen LogP contribution in [0.3, 0.4) is 0 Å². The summed E-state index contributed by atoms with van der Waals surface area (Å²) in [7, 11) is 0. The largest absolute Gasteiger partial charge is 0.360 e. The van der Waals surface area contributed by atoms with E-state index >= 15 is 0 Å². The number of hydrogen-bond donors (Lipinski definition) is 0. The molecule has 4 aliphatic rings. The zero-order chi connectivity index (χ0) is 17.1. The number of piperidine rings is 1. The van der Waals surface area contributed by atoms with Crippen LogP contribution >= 0.6 is 0 Å². The second-order valence-electron chi connectivity index (χ2n) is 7.77. The van der Waals surface area contributed by atoms with Crippen molar-refractivity contribution in [2.75, 3.05) is 0 Å². The van der Waals surface area contributed by atoms with Crippen LogP contribution in [0.15, 0.2) is 10.6 Å². The van der Waals surface area contributed by atoms with E-state index in [0.29, 0.717) is 37.3 Å². The number of aromatic nitrogens is 1. The van der Waals surface area contributed by atoms with Crippen molar-refractivity contribution in [1.82, 2.24) is 15.0 Å². The third kappa shape index (κ3) is 2.40. The Bertz CT molecular complexity index is 723. The Kier molecular flexibility index (Phi) is 3.27. The molecule has 1 aliphatic carbocycles. The first-order chi connectivity index (χ1) is 12.1. The van der Waals surface area contributed by atoms with Gasteiger partial charge in [-0.15, -0.1) is 0 Å². The fraction of sp³-hybridized carbons (Fsp3) is 0.667. The quantitative estimate of drug-likeness (QED) is 0.782. The third-order valence-electron chi connectivity index (χ3n) is 6.13. The summed E-state index contributed by atoms with van der Waals surface area (Å²) >= 11 is 0. The van der Waals surface area contributed by atoms with E-state index < -0.39 is 0 Å². The fourth-order valence-electron chi connectivity index (χ4n) is 4.77. The zero-order valence-corrected chi connectivity index (χ0v) is 14.0. The SMILES string of the molecule is O=C1CCC(=O)N1C1CC2CCC(C1)N2C(=O)c1cc(C2CC2)on1. The number of nitrogens with zero attached hydrogens (tertiary/aromatic N) is 3. The van der Waals surface area contributed by atoms with E-state index in [1.165, 1.54) is 4.90 Å². The molecule has 5 rings (SSSR count). The summed E-state index contributed by atoms with van der Waals surface area (Å²) in [5.41, 5.74) is 0.394. The van der Waals surface area contributed by atoms with Crippen molar-refractivity contribution < 1.29 is 18.9 Å². The summed E-state index contributed by atoms with van der Waals surface area (Å²) in [5, 5.41) is 3.98. The van der Waals surface area contributed by atoms with Crippen molar-refractivity contribution in [3.63, 3.8) is 0 Å². The molecule has 3 saturated heterocycles. The van der Waals surface area contributed by atoms with Gasteiger partial charge in [0.15, 0.2) is 5.69 Å². The molecular formula is C18H21N3O4. The molecule has 0 radical (unpaired) electrons. The predicted molar refractivity (Wildman–Crippen MR) is 85.6 cm³/mol. The van der Waals surface area contributed by atoms with E-state index in [2.05, 4.69) is 5.16 Å². The lowest BCUT2D eigenvalue weighted by atomic mass is 9.95. The van der Waals surface area contributed by atoms with Crippen LogP contribution in [0.1, 0.15) is 73.5 Å². The maximum absolute atomic E-state index is 12.9. The lowest BCUT2D eigenvalue weighted by Gasteiger charge is -2.41. The Labute approximate surface area is 145 Å². The number of likely N-dealkylation sites (tertiary alicyclic amines) is 1. The number of amides is 3. The highest BCUT2D eigenvalue weighted by Crippen LogP contribution is 2.42. The molecule has 1 aromatic rings. The van der Waals surface area contributed by atoms with E-state index in [1.807, 2.05) is 4.90 Å². The second kappa shape index (κ2) is 5.41. The van der Waals surface area contributed by atoms with Crippen LogP contribution in [0.5, 0.6) is 0 Å². The number of carbonyl (C=O) groups excluding carboxylic acids is 3. The Morgan fingerprint density at radius 2 is 1.64 bits per heavy atom. The number of hydrogen-bond acceptors (Lipinski definition) is 5. The van der Waals surface area contributed by atoms with Crippen LogP contribution < -0.4 is 0 Å². The number of carbonyl (C=O) groups is 3. The minimum absolute atomic E-state index is 0.0524. The van der Waals surface area contributed by atoms with Gasteiger partial charge in [-0.05, 0) is 38.5 Å². The van der Waals surface area contributed by atoms with Crippen molar-refractivity contribution in [2.45, 2.75) is 75.4 Å². The first kappa shape index (κ1) is 15.1. The van der Waals surface area contributed by atoms with Gasteiger partial charge in [0.05, 0.1) is 0 Å². The molecule has 0 N–H and O–H groups in total. The highest BCUT2D eigenvalue weighted by molar-refractivity contribution is 6.02. The number of fused-ring (bicyclic) bond motifs is 2. The average Bonchev–Trinajstić information content (AvgIpc) is 3.14. The predicted octanol–water partition coefficient (Wildman–Crippen LogP) is 1.84. The van der Waals surface area contributed by atoms with Gasteiger partial charge in [-0.25, -0.2) is 0 Å². The van der Waals surface area contributed by atoms with E-state index in [4.69, 9.17) is 4.52 Å². The van der Waals surface area contributed by atoms with Crippen molar-refractivity contribution in [3.05, 3.63) is 17.5 Å². The Balaban J connectivity index is 1.33. The van der Waals surface area contributed by atoms with Crippen LogP contribution in [-0.2, 0) is 9.59 Å². The van der Waals surface area contributed by atoms with E-state index in [1.54, 1.807) is 6.07 Å². The molecule has 132 valence electrons. The average molecular weight is 343 g/mol. The van der Waals surface area contributed by atoms with Gasteiger partial charge in [0, 0.05) is 43.0 Å². The molecular weight excluding hydrogens is 322 g/mol. The molecule has 1 saturated carbocycles. The van der Waals surface area contributed by atoms with E-state index in [9.17, 15) is 14.4 Å². The van der Waals surface area contributed by atoms with Crippen LogP contribution in [0.25, 0.3) is 0 Å². The van der Waals surface area contributed by atoms with Crippen molar-refractivity contribution in [1.29, 1.82) is 0 Å². The van der Waals surface area contributed by atoms with Crippen LogP contribution in [0.2, 0.25) is 0 Å². The third-order valence-corrected chi connectivity index (χ3v) is 6.13. The van der Waals surface area contributed by atoms with Crippen LogP contribution in [0.4, 0.5) is 0 Å². The Morgan fingerprint density at radius 3 is 2.24 bits per heavy atom. The molecule has 2 bridgehead atoms. The molecule has 0 spiro atoms. The van der Waals surface area contributed by atoms with Gasteiger partial charge in [-0.1, -0.05) is 5.16 Å². The molecule has 0 aromatic carbocycles. The fourth-order valence-corrected chi connectivity index (χ4v) is 4.77. The van der Waals surface area contributed by atoms with Gasteiger partial charge >= 0.3 is 0 Å². The molecule has 3 amide bonds. The summed E-state index contributed by atoms with van der Waals surface area (Å²) in [4.78, 5) is 40.4. The maximum Gasteiger partial charge on any atom is 0.276 e. The van der Waals surface area contributed by atoms with Gasteiger partial charge in [0.2, 0.25) is 11.8 Å². The number of rotatable bonds is 3. The summed E-state index contributed by atoms with van der Waals surface area (Å²) in [6.07, 6.45) is 6.11. The Morgan fingerprint density at radius 1 is 1.00 bits per heavy atom. The smallest absolute Gasteiger partial charge is 0.276 e. The Hall–Kier alpha value is -2.18. The molecule has 2 atom stereocenters. The van der Waals surface area contributed by atoms with Gasteiger partial charge in [-0.2, -0.15) is 0 Å². The molecule has 2 unspecified atom stereocenters. The minimum atomic E-state index is -0.0688. The summed E-state index contributed by atoms with van der Waals surface area (Å²) in [6.45, 7) is 0. The highest BCUT2D eigenvalue weighted by atomic mass is 16.5. The molecule has 3 aliphatic heterocycles. The van der Waals surface area contributed by atoms with Gasteiger partial charge in [0.25, 0.3) is 5.91 Å². The summed E-state index contributed by atoms with van der Waals surface area (Å²) < 4.78 is 5.33. The second-order valence-corrected chi connectivity index (χ2v) is 7.77. The van der Waals surface area contributed by atoms with Crippen LogP contribution in [0, 0.1) is 0 Å². The molecule has 1 aromatic heterocycles. The van der Waals surface area contributed by atoms with Crippen molar-refractivity contribution in [2.24, 2.45) is 0 Å². The lowest BCUT2D eigenvalue weighted by Crippen LogP contribution is -2.53. The first-order valence-electron chi connectivity index (χ1n) is 9.26. The van der Waals surface area contributed by atoms with Crippen molar-refractivity contribution in [3.8, 4) is 0 Å². The van der Waals surface area contributed by atoms with Crippen LogP contribution in [-0.4, -0.2) is 50.8 Å². The molecule has 25 heavy (non-hydrogen) atoms. The van der Waals surface area contributed by atoms with Gasteiger partial charge in [0.1, 0.15) is 5.76 Å². The minimum Gasteiger partial charge on any atom is -0.360 e. The maximum atomic E-state index is 12.9. The highest BCUT2D eigenvalue weighted by Gasteiger charge is 2.48. The van der Waals surface area contributed by atoms with E-state index in [0.717, 1.165) is 31.4 Å². The standard InChI is InChI=1S/C18H21N3O4/c22-16-5-6-17(23)21(16)13-7-11-3-4-12(8-13)20(11)18(24)14-9-15(25-19-14)10-1-2-10/h9-13H,1-8H2.